The van der Waals surface area contributed by atoms with Crippen LogP contribution in [0, 0.1) is 0 Å². The molecule has 50 valence electrons. The normalized spacial score (nSPS) is 8.22. The second-order valence-corrected chi connectivity index (χ2v) is 2.31. The van der Waals surface area contributed by atoms with Gasteiger partial charge in [0, 0.05) is 10.0 Å². The average molecular weight is 275 g/mol. The van der Waals surface area contributed by atoms with Crippen LogP contribution in [0.3, 0.4) is 0 Å². The van der Waals surface area contributed by atoms with E-state index in [1.165, 1.54) is 0 Å². The zero-order valence-electron chi connectivity index (χ0n) is 4.47. The maximum absolute atomic E-state index is 5.56. The van der Waals surface area contributed by atoms with Crippen LogP contribution in [-0.4, -0.2) is 0 Å². The van der Waals surface area contributed by atoms with E-state index in [1.807, 2.05) is 6.07 Å². The van der Waals surface area contributed by atoms with Gasteiger partial charge in [0.25, 0.3) is 0 Å². The van der Waals surface area contributed by atoms with E-state index in [4.69, 9.17) is 23.2 Å². The molecular weight excluding hydrogens is 270 g/mol. The second kappa shape index (κ2) is 4.36. The van der Waals surface area contributed by atoms with Gasteiger partial charge in [-0.05, 0) is 18.2 Å². The first kappa shape index (κ1) is 9.53. The lowest BCUT2D eigenvalue weighted by Crippen LogP contribution is -1.61. The van der Waals surface area contributed by atoms with E-state index in [1.54, 1.807) is 18.2 Å². The summed E-state index contributed by atoms with van der Waals surface area (Å²) in [6.45, 7) is 0. The zero-order valence-corrected chi connectivity index (χ0v) is 8.32. The molecule has 0 radical (unpaired) electrons. The Bertz CT molecular complexity index is 171. The summed E-state index contributed by atoms with van der Waals surface area (Å²) in [4.78, 5) is 0. The van der Waals surface area contributed by atoms with Crippen molar-refractivity contribution in [2.24, 2.45) is 0 Å². The molecule has 0 heterocycles. The van der Waals surface area contributed by atoms with Crippen molar-refractivity contribution < 1.29 is 0 Å². The van der Waals surface area contributed by atoms with Crippen LogP contribution in [0.1, 0.15) is 0 Å². The Labute approximate surface area is 81.2 Å². The number of hydrogen-bond donors (Lipinski definition) is 0. The topological polar surface area (TPSA) is 0 Å². The smallest absolute Gasteiger partial charge is 0.0420 e. The van der Waals surface area contributed by atoms with Gasteiger partial charge in [0.05, 0.1) is 0 Å². The maximum Gasteiger partial charge on any atom is 0.0420 e. The predicted octanol–water partition coefficient (Wildman–Crippen LogP) is 3.61. The molecule has 1 aromatic carbocycles. The molecule has 1 rings (SSSR count). The van der Waals surface area contributed by atoms with Crippen molar-refractivity contribution in [3.05, 3.63) is 34.3 Å². The van der Waals surface area contributed by atoms with Crippen LogP contribution in [-0.2, 0) is 0 Å². The number of hydrogen-bond acceptors (Lipinski definition) is 0. The highest BCUT2D eigenvalue weighted by molar-refractivity contribution is 14.0. The molecule has 0 aliphatic carbocycles. The van der Waals surface area contributed by atoms with Gasteiger partial charge >= 0.3 is 0 Å². The van der Waals surface area contributed by atoms with Crippen LogP contribution in [0.15, 0.2) is 24.3 Å². The summed E-state index contributed by atoms with van der Waals surface area (Å²) < 4.78 is 0. The Hall–Kier alpha value is 0.530. The van der Waals surface area contributed by atoms with Gasteiger partial charge in [0.2, 0.25) is 0 Å². The van der Waals surface area contributed by atoms with Crippen LogP contribution in [0.25, 0.3) is 0 Å². The molecule has 0 spiro atoms. The minimum Gasteiger partial charge on any atom is -0.107 e. The van der Waals surface area contributed by atoms with E-state index in [0.29, 0.717) is 10.0 Å². The molecule has 0 fully saturated rings. The van der Waals surface area contributed by atoms with Gasteiger partial charge in [0.1, 0.15) is 0 Å². The highest BCUT2D eigenvalue weighted by Gasteiger charge is 1.84. The monoisotopic (exact) mass is 274 g/mol. The molecule has 0 bridgehead atoms. The first-order chi connectivity index (χ1) is 3.79. The first-order valence-electron chi connectivity index (χ1n) is 2.20. The lowest BCUT2D eigenvalue weighted by molar-refractivity contribution is 1.71. The quantitative estimate of drug-likeness (QED) is 0.634. The fourth-order valence-corrected chi connectivity index (χ4v) is 0.896. The molecule has 0 aliphatic rings. The van der Waals surface area contributed by atoms with Gasteiger partial charge in [-0.2, -0.15) is 0 Å². The van der Waals surface area contributed by atoms with E-state index < -0.39 is 0 Å². The summed E-state index contributed by atoms with van der Waals surface area (Å²) in [6.07, 6.45) is 0. The Morgan fingerprint density at radius 3 is 1.67 bits per heavy atom. The molecular formula is C6H5Cl2I. The van der Waals surface area contributed by atoms with Gasteiger partial charge in [-0.1, -0.05) is 29.3 Å². The van der Waals surface area contributed by atoms with Crippen LogP contribution < -0.4 is 0 Å². The van der Waals surface area contributed by atoms with E-state index in [2.05, 4.69) is 0 Å². The van der Waals surface area contributed by atoms with Crippen molar-refractivity contribution in [3.8, 4) is 0 Å². The van der Waals surface area contributed by atoms with Crippen molar-refractivity contribution in [3.63, 3.8) is 0 Å². The molecule has 3 heteroatoms. The van der Waals surface area contributed by atoms with E-state index in [0.717, 1.165) is 0 Å². The number of rotatable bonds is 0. The SMILES string of the molecule is Clc1cccc(Cl)c1.I. The van der Waals surface area contributed by atoms with Crippen molar-refractivity contribution in [1.82, 2.24) is 0 Å². The molecule has 0 saturated carbocycles. The molecule has 0 N–H and O–H groups in total. The van der Waals surface area contributed by atoms with Gasteiger partial charge < -0.3 is 0 Å². The fourth-order valence-electron chi connectivity index (χ4n) is 0.460. The summed E-state index contributed by atoms with van der Waals surface area (Å²) in [5.74, 6) is 0. The third kappa shape index (κ3) is 3.28. The Morgan fingerprint density at radius 1 is 1.00 bits per heavy atom. The zero-order chi connectivity index (χ0) is 5.98. The molecule has 1 aromatic rings. The van der Waals surface area contributed by atoms with Crippen LogP contribution in [0.5, 0.6) is 0 Å². The molecule has 0 aromatic heterocycles. The van der Waals surface area contributed by atoms with E-state index >= 15 is 0 Å². The lowest BCUT2D eigenvalue weighted by atomic mass is 10.4. The highest BCUT2D eigenvalue weighted by Crippen LogP contribution is 2.13. The molecule has 0 unspecified atom stereocenters. The minimum atomic E-state index is 0. The summed E-state index contributed by atoms with van der Waals surface area (Å²) in [6, 6.07) is 7.08. The number of benzene rings is 1. The Kier molecular flexibility index (Phi) is 4.62. The second-order valence-electron chi connectivity index (χ2n) is 1.44. The van der Waals surface area contributed by atoms with Gasteiger partial charge in [0.15, 0.2) is 0 Å². The average Bonchev–Trinajstić information content (AvgIpc) is 1.64. The van der Waals surface area contributed by atoms with Crippen LogP contribution >= 0.6 is 47.2 Å². The molecule has 0 saturated heterocycles. The largest absolute Gasteiger partial charge is 0.107 e. The van der Waals surface area contributed by atoms with Crippen molar-refractivity contribution in [1.29, 1.82) is 0 Å². The molecule has 9 heavy (non-hydrogen) atoms. The number of halogens is 3. The predicted molar refractivity (Wildman–Crippen MR) is 51.9 cm³/mol. The molecule has 0 aliphatic heterocycles. The third-order valence-corrected chi connectivity index (χ3v) is 1.26. The highest BCUT2D eigenvalue weighted by atomic mass is 127. The summed E-state index contributed by atoms with van der Waals surface area (Å²) >= 11 is 11.1. The van der Waals surface area contributed by atoms with Crippen LogP contribution in [0.4, 0.5) is 0 Å². The Morgan fingerprint density at radius 2 is 1.44 bits per heavy atom. The van der Waals surface area contributed by atoms with Crippen molar-refractivity contribution >= 4 is 47.2 Å². The summed E-state index contributed by atoms with van der Waals surface area (Å²) in [5, 5.41) is 1.36. The van der Waals surface area contributed by atoms with Crippen molar-refractivity contribution in [2.75, 3.05) is 0 Å². The summed E-state index contributed by atoms with van der Waals surface area (Å²) in [5.41, 5.74) is 0. The minimum absolute atomic E-state index is 0. The third-order valence-electron chi connectivity index (χ3n) is 0.787. The van der Waals surface area contributed by atoms with Crippen LogP contribution in [0.2, 0.25) is 10.0 Å². The standard InChI is InChI=1S/C6H4Cl2.HI/c7-5-2-1-3-6(8)4-5;/h1-4H;1H. The van der Waals surface area contributed by atoms with Gasteiger partial charge in [-0.15, -0.1) is 24.0 Å². The maximum atomic E-state index is 5.56. The van der Waals surface area contributed by atoms with E-state index in [-0.39, 0.29) is 24.0 Å². The molecule has 0 nitrogen and oxygen atoms in total. The van der Waals surface area contributed by atoms with E-state index in [9.17, 15) is 0 Å². The lowest BCUT2D eigenvalue weighted by Gasteiger charge is -1.86. The first-order valence-corrected chi connectivity index (χ1v) is 2.96. The summed E-state index contributed by atoms with van der Waals surface area (Å²) in [7, 11) is 0. The van der Waals surface area contributed by atoms with Gasteiger partial charge in [-0.3, -0.25) is 0 Å². The molecule has 0 atom stereocenters. The molecule has 0 amide bonds. The fraction of sp³-hybridized carbons (Fsp3) is 0. The van der Waals surface area contributed by atoms with Crippen molar-refractivity contribution in [2.45, 2.75) is 0 Å². The van der Waals surface area contributed by atoms with Gasteiger partial charge in [-0.25, -0.2) is 0 Å². The Balaban J connectivity index is 0.000000640.